The minimum absolute atomic E-state index is 0.406. The Balaban J connectivity index is 2.65. The summed E-state index contributed by atoms with van der Waals surface area (Å²) in [5, 5.41) is 0. The molecule has 3 nitrogen and oxygen atoms in total. The molecule has 3 heteroatoms. The molecular formula is C14H16N2O. The van der Waals surface area contributed by atoms with Gasteiger partial charge in [-0.15, -0.1) is 0 Å². The highest BCUT2D eigenvalue weighted by molar-refractivity contribution is 5.69. The Morgan fingerprint density at radius 2 is 1.88 bits per heavy atom. The molecule has 0 fully saturated rings. The summed E-state index contributed by atoms with van der Waals surface area (Å²) in [7, 11) is 1.64. The van der Waals surface area contributed by atoms with Crippen LogP contribution in [0.3, 0.4) is 0 Å². The molecule has 2 aromatic heterocycles. The van der Waals surface area contributed by atoms with Crippen molar-refractivity contribution in [2.45, 2.75) is 19.8 Å². The van der Waals surface area contributed by atoms with Crippen molar-refractivity contribution >= 4 is 0 Å². The molecule has 0 N–H and O–H groups in total. The maximum atomic E-state index is 5.34. The van der Waals surface area contributed by atoms with Gasteiger partial charge in [0.15, 0.2) is 0 Å². The summed E-state index contributed by atoms with van der Waals surface area (Å²) >= 11 is 0. The van der Waals surface area contributed by atoms with E-state index in [1.165, 1.54) is 5.56 Å². The predicted octanol–water partition coefficient (Wildman–Crippen LogP) is 3.28. The Hall–Kier alpha value is -1.90. The van der Waals surface area contributed by atoms with Crippen molar-refractivity contribution in [2.24, 2.45) is 0 Å². The smallest absolute Gasteiger partial charge is 0.222 e. The van der Waals surface area contributed by atoms with E-state index in [9.17, 15) is 0 Å². The van der Waals surface area contributed by atoms with Gasteiger partial charge in [-0.1, -0.05) is 19.9 Å². The van der Waals surface area contributed by atoms with Crippen LogP contribution >= 0.6 is 0 Å². The van der Waals surface area contributed by atoms with Crippen molar-refractivity contribution in [3.05, 3.63) is 42.2 Å². The van der Waals surface area contributed by atoms with Gasteiger partial charge in [0.05, 0.1) is 18.4 Å². The van der Waals surface area contributed by atoms with Crippen LogP contribution in [-0.4, -0.2) is 17.1 Å². The highest BCUT2D eigenvalue weighted by Crippen LogP contribution is 2.33. The molecule has 0 atom stereocenters. The van der Waals surface area contributed by atoms with Gasteiger partial charge in [-0.2, -0.15) is 0 Å². The zero-order valence-corrected chi connectivity index (χ0v) is 10.3. The third kappa shape index (κ3) is 2.28. The molecule has 0 bridgehead atoms. The van der Waals surface area contributed by atoms with Gasteiger partial charge in [0.2, 0.25) is 5.88 Å². The van der Waals surface area contributed by atoms with Crippen LogP contribution in [0.4, 0.5) is 0 Å². The summed E-state index contributed by atoms with van der Waals surface area (Å²) in [6.45, 7) is 4.31. The molecule has 0 aromatic carbocycles. The Labute approximate surface area is 102 Å². The molecule has 2 heterocycles. The van der Waals surface area contributed by atoms with Crippen LogP contribution in [0.5, 0.6) is 5.88 Å². The van der Waals surface area contributed by atoms with Crippen LogP contribution < -0.4 is 4.74 Å². The van der Waals surface area contributed by atoms with Crippen molar-refractivity contribution in [1.82, 2.24) is 9.97 Å². The second-order valence-corrected chi connectivity index (χ2v) is 4.15. The Kier molecular flexibility index (Phi) is 3.38. The number of aromatic nitrogens is 2. The minimum atomic E-state index is 0.406. The van der Waals surface area contributed by atoms with Crippen molar-refractivity contribution in [1.29, 1.82) is 0 Å². The van der Waals surface area contributed by atoms with Crippen LogP contribution in [0.15, 0.2) is 36.7 Å². The first-order valence-corrected chi connectivity index (χ1v) is 5.68. The number of ether oxygens (including phenoxy) is 1. The molecule has 0 radical (unpaired) electrons. The van der Waals surface area contributed by atoms with Gasteiger partial charge in [-0.3, -0.25) is 4.98 Å². The van der Waals surface area contributed by atoms with Gasteiger partial charge in [-0.25, -0.2) is 4.98 Å². The molecule has 0 saturated heterocycles. The van der Waals surface area contributed by atoms with Gasteiger partial charge in [-0.05, 0) is 29.7 Å². The molecule has 88 valence electrons. The van der Waals surface area contributed by atoms with E-state index in [2.05, 4.69) is 23.8 Å². The molecule has 0 amide bonds. The molecule has 0 spiro atoms. The van der Waals surface area contributed by atoms with E-state index >= 15 is 0 Å². The van der Waals surface area contributed by atoms with Gasteiger partial charge in [0.25, 0.3) is 0 Å². The maximum Gasteiger partial charge on any atom is 0.222 e. The lowest BCUT2D eigenvalue weighted by molar-refractivity contribution is 0.398. The third-order valence-corrected chi connectivity index (χ3v) is 2.68. The first-order chi connectivity index (χ1) is 8.24. The van der Waals surface area contributed by atoms with Gasteiger partial charge >= 0.3 is 0 Å². The van der Waals surface area contributed by atoms with Gasteiger partial charge in [0.1, 0.15) is 0 Å². The minimum Gasteiger partial charge on any atom is -0.480 e. The van der Waals surface area contributed by atoms with Gasteiger partial charge in [0, 0.05) is 12.4 Å². The number of hydrogen-bond donors (Lipinski definition) is 0. The summed E-state index contributed by atoms with van der Waals surface area (Å²) < 4.78 is 5.34. The van der Waals surface area contributed by atoms with Crippen molar-refractivity contribution in [2.75, 3.05) is 7.11 Å². The summed E-state index contributed by atoms with van der Waals surface area (Å²) in [6, 6.07) is 7.88. The molecule has 2 rings (SSSR count). The second kappa shape index (κ2) is 4.95. The number of rotatable bonds is 3. The highest BCUT2D eigenvalue weighted by Gasteiger charge is 2.15. The monoisotopic (exact) mass is 228 g/mol. The normalized spacial score (nSPS) is 10.6. The summed E-state index contributed by atoms with van der Waals surface area (Å²) in [6.07, 6.45) is 3.56. The summed E-state index contributed by atoms with van der Waals surface area (Å²) in [4.78, 5) is 8.64. The molecule has 0 aliphatic heterocycles. The lowest BCUT2D eigenvalue weighted by Crippen LogP contribution is -1.99. The van der Waals surface area contributed by atoms with E-state index in [1.807, 2.05) is 24.3 Å². The van der Waals surface area contributed by atoms with Crippen LogP contribution in [0.25, 0.3) is 11.3 Å². The molecule has 0 saturated carbocycles. The molecule has 0 aliphatic carbocycles. The van der Waals surface area contributed by atoms with Crippen molar-refractivity contribution in [3.8, 4) is 17.1 Å². The Morgan fingerprint density at radius 3 is 2.47 bits per heavy atom. The highest BCUT2D eigenvalue weighted by atomic mass is 16.5. The average Bonchev–Trinajstić information content (AvgIpc) is 2.38. The molecular weight excluding hydrogens is 212 g/mol. The molecule has 0 unspecified atom stereocenters. The first-order valence-electron chi connectivity index (χ1n) is 5.68. The number of pyridine rings is 2. The lowest BCUT2D eigenvalue weighted by Gasteiger charge is -2.14. The molecule has 2 aromatic rings. The van der Waals surface area contributed by atoms with Crippen molar-refractivity contribution < 1.29 is 4.74 Å². The van der Waals surface area contributed by atoms with E-state index < -0.39 is 0 Å². The zero-order valence-electron chi connectivity index (χ0n) is 10.3. The summed E-state index contributed by atoms with van der Waals surface area (Å²) in [5.41, 5.74) is 3.10. The summed E-state index contributed by atoms with van der Waals surface area (Å²) in [5.74, 6) is 1.04. The number of hydrogen-bond acceptors (Lipinski definition) is 3. The molecule has 17 heavy (non-hydrogen) atoms. The first kappa shape index (κ1) is 11.6. The fraction of sp³-hybridized carbons (Fsp3) is 0.286. The third-order valence-electron chi connectivity index (χ3n) is 2.68. The SMILES string of the molecule is COc1nccc(C(C)C)c1-c1ccccn1. The van der Waals surface area contributed by atoms with E-state index in [0.717, 1.165) is 11.3 Å². The van der Waals surface area contributed by atoms with Crippen LogP contribution in [0, 0.1) is 0 Å². The van der Waals surface area contributed by atoms with Crippen LogP contribution in [-0.2, 0) is 0 Å². The fourth-order valence-electron chi connectivity index (χ4n) is 1.86. The van der Waals surface area contributed by atoms with Crippen LogP contribution in [0.2, 0.25) is 0 Å². The Bertz CT molecular complexity index is 495. The van der Waals surface area contributed by atoms with Crippen molar-refractivity contribution in [3.63, 3.8) is 0 Å². The topological polar surface area (TPSA) is 35.0 Å². The quantitative estimate of drug-likeness (QED) is 0.808. The van der Waals surface area contributed by atoms with Crippen LogP contribution in [0.1, 0.15) is 25.3 Å². The Morgan fingerprint density at radius 1 is 1.06 bits per heavy atom. The zero-order chi connectivity index (χ0) is 12.3. The largest absolute Gasteiger partial charge is 0.480 e. The predicted molar refractivity (Wildman–Crippen MR) is 68.1 cm³/mol. The average molecular weight is 228 g/mol. The van der Waals surface area contributed by atoms with Gasteiger partial charge < -0.3 is 4.74 Å². The van der Waals surface area contributed by atoms with E-state index in [-0.39, 0.29) is 0 Å². The maximum absolute atomic E-state index is 5.34. The van der Waals surface area contributed by atoms with E-state index in [0.29, 0.717) is 11.8 Å². The van der Waals surface area contributed by atoms with E-state index in [4.69, 9.17) is 4.74 Å². The lowest BCUT2D eigenvalue weighted by atomic mass is 9.96. The number of methoxy groups -OCH3 is 1. The number of nitrogens with zero attached hydrogens (tertiary/aromatic N) is 2. The fourth-order valence-corrected chi connectivity index (χ4v) is 1.86. The second-order valence-electron chi connectivity index (χ2n) is 4.15. The standard InChI is InChI=1S/C14H16N2O/c1-10(2)11-7-9-16-14(17-3)13(11)12-6-4-5-8-15-12/h4-10H,1-3H3. The van der Waals surface area contributed by atoms with E-state index in [1.54, 1.807) is 19.5 Å². The molecule has 0 aliphatic rings.